The van der Waals surface area contributed by atoms with Gasteiger partial charge < -0.3 is 11.1 Å². The quantitative estimate of drug-likeness (QED) is 0.869. The van der Waals surface area contributed by atoms with Gasteiger partial charge in [-0.2, -0.15) is 5.10 Å². The van der Waals surface area contributed by atoms with E-state index in [0.29, 0.717) is 18.8 Å². The zero-order valence-corrected chi connectivity index (χ0v) is 11.1. The molecule has 96 valence electrons. The second-order valence-electron chi connectivity index (χ2n) is 3.83. The lowest BCUT2D eigenvalue weighted by atomic mass is 10.3. The normalized spacial score (nSPS) is 10.6. The third kappa shape index (κ3) is 2.67. The summed E-state index contributed by atoms with van der Waals surface area (Å²) in [6, 6.07) is 0. The van der Waals surface area contributed by atoms with Gasteiger partial charge in [-0.05, 0) is 13.8 Å². The molecule has 0 unspecified atom stereocenters. The first-order chi connectivity index (χ1) is 8.60. The van der Waals surface area contributed by atoms with Crippen molar-refractivity contribution >= 4 is 22.9 Å². The Balaban J connectivity index is 2.01. The van der Waals surface area contributed by atoms with Gasteiger partial charge in [0, 0.05) is 18.1 Å². The molecule has 2 aromatic rings. The maximum Gasteiger partial charge on any atom is 0.274 e. The van der Waals surface area contributed by atoms with Gasteiger partial charge in [-0.1, -0.05) is 0 Å². The summed E-state index contributed by atoms with van der Waals surface area (Å²) in [6.07, 6.45) is 1.65. The number of hydrogen-bond acceptors (Lipinski definition) is 5. The van der Waals surface area contributed by atoms with Gasteiger partial charge in [-0.25, -0.2) is 4.98 Å². The highest BCUT2D eigenvalue weighted by Gasteiger charge is 2.14. The first-order valence-electron chi connectivity index (χ1n) is 5.62. The molecule has 0 spiro atoms. The molecule has 0 aliphatic heterocycles. The SMILES string of the molecule is CCn1cc(N)c(C(=O)NCc2csc(C)n2)n1. The summed E-state index contributed by atoms with van der Waals surface area (Å²) >= 11 is 1.56. The van der Waals surface area contributed by atoms with Crippen molar-refractivity contribution in [3.63, 3.8) is 0 Å². The van der Waals surface area contributed by atoms with E-state index in [1.165, 1.54) is 0 Å². The van der Waals surface area contributed by atoms with E-state index in [0.717, 1.165) is 10.7 Å². The number of nitrogens with one attached hydrogen (secondary N) is 1. The van der Waals surface area contributed by atoms with Crippen LogP contribution in [-0.4, -0.2) is 20.7 Å². The summed E-state index contributed by atoms with van der Waals surface area (Å²) in [4.78, 5) is 16.2. The zero-order chi connectivity index (χ0) is 13.1. The Kier molecular flexibility index (Phi) is 3.61. The number of anilines is 1. The van der Waals surface area contributed by atoms with Gasteiger partial charge in [0.1, 0.15) is 0 Å². The van der Waals surface area contributed by atoms with Crippen molar-refractivity contribution < 1.29 is 4.79 Å². The number of thiazole rings is 1. The van der Waals surface area contributed by atoms with Crippen molar-refractivity contribution in [3.8, 4) is 0 Å². The molecule has 0 saturated carbocycles. The summed E-state index contributed by atoms with van der Waals surface area (Å²) in [6.45, 7) is 4.94. The Hall–Kier alpha value is -1.89. The fourth-order valence-electron chi connectivity index (χ4n) is 1.52. The second-order valence-corrected chi connectivity index (χ2v) is 4.89. The molecule has 1 amide bonds. The lowest BCUT2D eigenvalue weighted by Crippen LogP contribution is -2.24. The van der Waals surface area contributed by atoms with Crippen LogP contribution in [0.5, 0.6) is 0 Å². The third-order valence-electron chi connectivity index (χ3n) is 2.43. The standard InChI is InChI=1S/C11H15N5OS/c1-3-16-5-9(12)10(15-16)11(17)13-4-8-6-18-7(2)14-8/h5-6H,3-4,12H2,1-2H3,(H,13,17). The zero-order valence-electron chi connectivity index (χ0n) is 10.3. The molecule has 0 radical (unpaired) electrons. The maximum atomic E-state index is 11.9. The Morgan fingerprint density at radius 1 is 1.61 bits per heavy atom. The molecule has 0 saturated heterocycles. The Morgan fingerprint density at radius 2 is 2.39 bits per heavy atom. The molecule has 18 heavy (non-hydrogen) atoms. The van der Waals surface area contributed by atoms with E-state index in [-0.39, 0.29) is 11.6 Å². The molecule has 3 N–H and O–H groups in total. The molecule has 0 fully saturated rings. The van der Waals surface area contributed by atoms with E-state index in [1.54, 1.807) is 22.2 Å². The smallest absolute Gasteiger partial charge is 0.274 e. The van der Waals surface area contributed by atoms with Crippen LogP contribution in [0.2, 0.25) is 0 Å². The molecule has 2 heterocycles. The number of nitrogen functional groups attached to an aromatic ring is 1. The van der Waals surface area contributed by atoms with Crippen LogP contribution in [0.4, 0.5) is 5.69 Å². The first kappa shape index (κ1) is 12.6. The number of rotatable bonds is 4. The summed E-state index contributed by atoms with van der Waals surface area (Å²) in [5.74, 6) is -0.273. The van der Waals surface area contributed by atoms with E-state index in [4.69, 9.17) is 5.73 Å². The highest BCUT2D eigenvalue weighted by atomic mass is 32.1. The van der Waals surface area contributed by atoms with Gasteiger partial charge in [0.25, 0.3) is 5.91 Å². The van der Waals surface area contributed by atoms with Crippen LogP contribution < -0.4 is 11.1 Å². The van der Waals surface area contributed by atoms with Crippen LogP contribution in [0.1, 0.15) is 28.1 Å². The van der Waals surface area contributed by atoms with Crippen LogP contribution in [0.3, 0.4) is 0 Å². The average Bonchev–Trinajstić information content (AvgIpc) is 2.92. The lowest BCUT2D eigenvalue weighted by molar-refractivity contribution is 0.0945. The number of nitrogens with two attached hydrogens (primary N) is 1. The molecule has 0 atom stereocenters. The van der Waals surface area contributed by atoms with Gasteiger partial charge >= 0.3 is 0 Å². The minimum absolute atomic E-state index is 0.267. The van der Waals surface area contributed by atoms with Crippen molar-refractivity contribution in [3.05, 3.63) is 28.0 Å². The van der Waals surface area contributed by atoms with Crippen molar-refractivity contribution in [2.45, 2.75) is 26.9 Å². The second kappa shape index (κ2) is 5.18. The van der Waals surface area contributed by atoms with Crippen LogP contribution in [-0.2, 0) is 13.1 Å². The molecule has 0 aliphatic rings. The van der Waals surface area contributed by atoms with Crippen LogP contribution in [0, 0.1) is 6.92 Å². The van der Waals surface area contributed by atoms with Gasteiger partial charge in [0.2, 0.25) is 0 Å². The van der Waals surface area contributed by atoms with E-state index in [1.807, 2.05) is 19.2 Å². The van der Waals surface area contributed by atoms with E-state index in [9.17, 15) is 4.79 Å². The van der Waals surface area contributed by atoms with Crippen molar-refractivity contribution in [2.75, 3.05) is 5.73 Å². The van der Waals surface area contributed by atoms with E-state index in [2.05, 4.69) is 15.4 Å². The topological polar surface area (TPSA) is 85.8 Å². The van der Waals surface area contributed by atoms with E-state index < -0.39 is 0 Å². The number of amides is 1. The molecule has 0 aromatic carbocycles. The summed E-state index contributed by atoms with van der Waals surface area (Å²) in [5, 5.41) is 9.76. The van der Waals surface area contributed by atoms with Gasteiger partial charge in [0.15, 0.2) is 5.69 Å². The highest BCUT2D eigenvalue weighted by molar-refractivity contribution is 7.09. The molecule has 2 rings (SSSR count). The Bertz CT molecular complexity index is 560. The number of aryl methyl sites for hydroxylation is 2. The molecule has 0 aliphatic carbocycles. The summed E-state index contributed by atoms with van der Waals surface area (Å²) < 4.78 is 1.64. The molecular weight excluding hydrogens is 250 g/mol. The summed E-state index contributed by atoms with van der Waals surface area (Å²) in [7, 11) is 0. The Morgan fingerprint density at radius 3 is 2.94 bits per heavy atom. The summed E-state index contributed by atoms with van der Waals surface area (Å²) in [5.41, 5.74) is 7.24. The number of hydrogen-bond donors (Lipinski definition) is 2. The molecule has 0 bridgehead atoms. The lowest BCUT2D eigenvalue weighted by Gasteiger charge is -2.01. The number of carbonyl (C=O) groups is 1. The van der Waals surface area contributed by atoms with Gasteiger partial charge in [-0.15, -0.1) is 11.3 Å². The monoisotopic (exact) mass is 265 g/mol. The average molecular weight is 265 g/mol. The predicted octanol–water partition coefficient (Wildman–Crippen LogP) is 1.18. The molecule has 7 heteroatoms. The van der Waals surface area contributed by atoms with Crippen LogP contribution >= 0.6 is 11.3 Å². The van der Waals surface area contributed by atoms with E-state index >= 15 is 0 Å². The molecular formula is C11H15N5OS. The first-order valence-corrected chi connectivity index (χ1v) is 6.50. The number of nitrogens with zero attached hydrogens (tertiary/aromatic N) is 3. The van der Waals surface area contributed by atoms with Crippen molar-refractivity contribution in [1.82, 2.24) is 20.1 Å². The minimum atomic E-state index is -0.273. The fourth-order valence-corrected chi connectivity index (χ4v) is 2.13. The van der Waals surface area contributed by atoms with Gasteiger partial charge in [0.05, 0.1) is 22.9 Å². The number of aromatic nitrogens is 3. The number of carbonyl (C=O) groups excluding carboxylic acids is 1. The molecule has 2 aromatic heterocycles. The van der Waals surface area contributed by atoms with Crippen molar-refractivity contribution in [2.24, 2.45) is 0 Å². The third-order valence-corrected chi connectivity index (χ3v) is 3.25. The van der Waals surface area contributed by atoms with Crippen molar-refractivity contribution in [1.29, 1.82) is 0 Å². The van der Waals surface area contributed by atoms with Crippen LogP contribution in [0.25, 0.3) is 0 Å². The highest BCUT2D eigenvalue weighted by Crippen LogP contribution is 2.10. The molecule has 6 nitrogen and oxygen atoms in total. The fraction of sp³-hybridized carbons (Fsp3) is 0.364. The van der Waals surface area contributed by atoms with Crippen LogP contribution in [0.15, 0.2) is 11.6 Å². The Labute approximate surface area is 109 Å². The minimum Gasteiger partial charge on any atom is -0.396 e. The predicted molar refractivity (Wildman–Crippen MR) is 70.3 cm³/mol. The maximum absolute atomic E-state index is 11.9. The van der Waals surface area contributed by atoms with Gasteiger partial charge in [-0.3, -0.25) is 9.48 Å². The largest absolute Gasteiger partial charge is 0.396 e.